The molecule has 2 nitrogen and oxygen atoms in total. The van der Waals surface area contributed by atoms with Gasteiger partial charge in [0.15, 0.2) is 0 Å². The summed E-state index contributed by atoms with van der Waals surface area (Å²) in [5, 5.41) is 0.579. The lowest BCUT2D eigenvalue weighted by Gasteiger charge is -1.99. The molecule has 1 unspecified atom stereocenters. The fourth-order valence-corrected chi connectivity index (χ4v) is 2.21. The summed E-state index contributed by atoms with van der Waals surface area (Å²) in [6.07, 6.45) is 0. The molecular weight excluding hydrogens is 171 g/mol. The topological polar surface area (TPSA) is 37.3 Å². The molecule has 3 heteroatoms. The van der Waals surface area contributed by atoms with Gasteiger partial charge in [0.05, 0.1) is 0 Å². The van der Waals surface area contributed by atoms with E-state index in [1.165, 1.54) is 0 Å². The second-order valence-electron chi connectivity index (χ2n) is 3.02. The summed E-state index contributed by atoms with van der Waals surface area (Å²) in [5.74, 6) is 0. The fourth-order valence-electron chi connectivity index (χ4n) is 1.47. The minimum absolute atomic E-state index is 0.579. The van der Waals surface area contributed by atoms with Crippen LogP contribution in [0.1, 0.15) is 16.7 Å². The maximum atomic E-state index is 10.9. The van der Waals surface area contributed by atoms with Crippen LogP contribution in [0.4, 0.5) is 0 Å². The first-order valence-electron chi connectivity index (χ1n) is 3.76. The zero-order valence-electron chi connectivity index (χ0n) is 7.46. The van der Waals surface area contributed by atoms with Gasteiger partial charge in [-0.15, -0.1) is 0 Å². The first-order valence-corrected chi connectivity index (χ1v) is 4.97. The van der Waals surface area contributed by atoms with Crippen LogP contribution in [0.5, 0.6) is 0 Å². The molecule has 1 aromatic rings. The monoisotopic (exact) mass is 183 g/mol. The predicted octanol–water partition coefficient (Wildman–Crippen LogP) is 1.97. The number of benzene rings is 1. The zero-order chi connectivity index (χ0) is 9.30. The average Bonchev–Trinajstić information content (AvgIpc) is 1.82. The van der Waals surface area contributed by atoms with E-state index in [0.29, 0.717) is 5.30 Å². The maximum Gasteiger partial charge on any atom is 0.546 e. The van der Waals surface area contributed by atoms with Crippen LogP contribution < -0.4 is 5.30 Å². The molecule has 0 spiro atoms. The molecule has 0 saturated heterocycles. The molecule has 0 heterocycles. The quantitative estimate of drug-likeness (QED) is 0.676. The third kappa shape index (κ3) is 1.71. The number of hydrogen-bond donors (Lipinski definition) is 1. The Bertz CT molecular complexity index is 308. The van der Waals surface area contributed by atoms with Gasteiger partial charge >= 0.3 is 8.03 Å². The van der Waals surface area contributed by atoms with E-state index in [9.17, 15) is 4.57 Å². The van der Waals surface area contributed by atoms with Gasteiger partial charge in [-0.25, -0.2) is 0 Å². The summed E-state index contributed by atoms with van der Waals surface area (Å²) in [4.78, 5) is 8.99. The van der Waals surface area contributed by atoms with Crippen LogP contribution in [0.3, 0.4) is 0 Å². The molecule has 12 heavy (non-hydrogen) atoms. The van der Waals surface area contributed by atoms with Crippen LogP contribution in [0.15, 0.2) is 12.1 Å². The van der Waals surface area contributed by atoms with Crippen molar-refractivity contribution in [3.63, 3.8) is 0 Å². The van der Waals surface area contributed by atoms with Gasteiger partial charge in [-0.05, 0) is 25.3 Å². The third-order valence-corrected chi connectivity index (χ3v) is 2.91. The van der Waals surface area contributed by atoms with Crippen LogP contribution in [-0.4, -0.2) is 4.89 Å². The van der Waals surface area contributed by atoms with Crippen molar-refractivity contribution in [2.75, 3.05) is 0 Å². The van der Waals surface area contributed by atoms with Gasteiger partial charge in [-0.2, -0.15) is 4.89 Å². The Morgan fingerprint density at radius 2 is 1.58 bits per heavy atom. The maximum absolute atomic E-state index is 10.9. The highest BCUT2D eigenvalue weighted by atomic mass is 31.1. The van der Waals surface area contributed by atoms with Crippen LogP contribution in [0.2, 0.25) is 0 Å². The Kier molecular flexibility index (Phi) is 2.61. The molecule has 0 amide bonds. The van der Waals surface area contributed by atoms with Gasteiger partial charge in [-0.1, -0.05) is 17.7 Å². The highest BCUT2D eigenvalue weighted by Crippen LogP contribution is 2.19. The summed E-state index contributed by atoms with van der Waals surface area (Å²) in [6.45, 7) is 5.70. The second kappa shape index (κ2) is 3.34. The minimum atomic E-state index is -2.20. The third-order valence-electron chi connectivity index (χ3n) is 1.83. The van der Waals surface area contributed by atoms with E-state index in [1.54, 1.807) is 0 Å². The van der Waals surface area contributed by atoms with Gasteiger partial charge in [0, 0.05) is 11.1 Å². The SMILES string of the molecule is Cc1cc(C)c([P+](=O)O)c(C)c1. The molecule has 0 aromatic heterocycles. The standard InChI is InChI=1S/C9H11O2P/c1-6-4-7(2)9(12(10)11)8(3)5-6/h4-5H,1-3H3/p+1. The Labute approximate surface area is 73.1 Å². The molecule has 0 aliphatic rings. The Morgan fingerprint density at radius 3 is 1.92 bits per heavy atom. The van der Waals surface area contributed by atoms with E-state index in [2.05, 4.69) is 0 Å². The van der Waals surface area contributed by atoms with E-state index in [-0.39, 0.29) is 0 Å². The molecule has 0 radical (unpaired) electrons. The van der Waals surface area contributed by atoms with Crippen LogP contribution in [-0.2, 0) is 4.57 Å². The molecule has 0 aliphatic heterocycles. The van der Waals surface area contributed by atoms with Crippen molar-refractivity contribution < 1.29 is 9.46 Å². The molecule has 1 N–H and O–H groups in total. The van der Waals surface area contributed by atoms with Gasteiger partial charge < -0.3 is 0 Å². The fraction of sp³-hybridized carbons (Fsp3) is 0.333. The predicted molar refractivity (Wildman–Crippen MR) is 50.1 cm³/mol. The summed E-state index contributed by atoms with van der Waals surface area (Å²) >= 11 is 0. The summed E-state index contributed by atoms with van der Waals surface area (Å²) < 4.78 is 10.9. The molecule has 0 bridgehead atoms. The molecule has 0 fully saturated rings. The molecule has 0 aliphatic carbocycles. The van der Waals surface area contributed by atoms with Gasteiger partial charge in [0.1, 0.15) is 0 Å². The molecule has 64 valence electrons. The lowest BCUT2D eigenvalue weighted by atomic mass is 10.1. The van der Waals surface area contributed by atoms with Crippen molar-refractivity contribution in [1.82, 2.24) is 0 Å². The number of rotatable bonds is 1. The van der Waals surface area contributed by atoms with Crippen LogP contribution >= 0.6 is 8.03 Å². The van der Waals surface area contributed by atoms with E-state index in [1.807, 2.05) is 32.9 Å². The average molecular weight is 183 g/mol. The summed E-state index contributed by atoms with van der Waals surface area (Å²) in [6, 6.07) is 3.84. The Balaban J connectivity index is 3.38. The van der Waals surface area contributed by atoms with Crippen molar-refractivity contribution >= 4 is 13.3 Å². The lowest BCUT2D eigenvalue weighted by molar-refractivity contribution is 0.513. The largest absolute Gasteiger partial charge is 0.546 e. The van der Waals surface area contributed by atoms with Crippen molar-refractivity contribution in [2.24, 2.45) is 0 Å². The first kappa shape index (κ1) is 9.37. The Morgan fingerprint density at radius 1 is 1.17 bits per heavy atom. The molecule has 1 aromatic carbocycles. The molecule has 1 atom stereocenters. The summed E-state index contributed by atoms with van der Waals surface area (Å²) in [5.41, 5.74) is 2.93. The normalized spacial score (nSPS) is 11.5. The van der Waals surface area contributed by atoms with Crippen molar-refractivity contribution in [1.29, 1.82) is 0 Å². The highest BCUT2D eigenvalue weighted by molar-refractivity contribution is 7.47. The van der Waals surface area contributed by atoms with Crippen LogP contribution in [0, 0.1) is 20.8 Å². The van der Waals surface area contributed by atoms with Crippen molar-refractivity contribution in [2.45, 2.75) is 20.8 Å². The van der Waals surface area contributed by atoms with Gasteiger partial charge in [0.25, 0.3) is 0 Å². The zero-order valence-corrected chi connectivity index (χ0v) is 8.35. The van der Waals surface area contributed by atoms with Gasteiger partial charge in [-0.3, -0.25) is 0 Å². The van der Waals surface area contributed by atoms with Crippen molar-refractivity contribution in [3.8, 4) is 0 Å². The van der Waals surface area contributed by atoms with Crippen molar-refractivity contribution in [3.05, 3.63) is 28.8 Å². The highest BCUT2D eigenvalue weighted by Gasteiger charge is 2.22. The molecule has 0 saturated carbocycles. The minimum Gasteiger partial charge on any atom is -0.156 e. The van der Waals surface area contributed by atoms with E-state index in [4.69, 9.17) is 4.89 Å². The number of aryl methyl sites for hydroxylation is 3. The first-order chi connectivity index (χ1) is 5.52. The van der Waals surface area contributed by atoms with Crippen LogP contribution in [0.25, 0.3) is 0 Å². The Hall–Kier alpha value is -0.720. The smallest absolute Gasteiger partial charge is 0.156 e. The lowest BCUT2D eigenvalue weighted by Crippen LogP contribution is -2.06. The van der Waals surface area contributed by atoms with E-state index in [0.717, 1.165) is 16.7 Å². The van der Waals surface area contributed by atoms with Gasteiger partial charge in [0.2, 0.25) is 5.30 Å². The summed E-state index contributed by atoms with van der Waals surface area (Å²) in [7, 11) is -2.20. The second-order valence-corrected chi connectivity index (χ2v) is 4.01. The number of hydrogen-bond acceptors (Lipinski definition) is 1. The van der Waals surface area contributed by atoms with E-state index >= 15 is 0 Å². The molecule has 1 rings (SSSR count). The van der Waals surface area contributed by atoms with E-state index < -0.39 is 8.03 Å². The molecular formula is C9H12O2P+.